The second kappa shape index (κ2) is 10.8. The first-order valence-corrected chi connectivity index (χ1v) is 12.8. The molecular weight excluding hydrogens is 471 g/mol. The first-order valence-electron chi connectivity index (χ1n) is 11.8. The van der Waals surface area contributed by atoms with Gasteiger partial charge in [-0.2, -0.15) is 0 Å². The quantitative estimate of drug-likeness (QED) is 0.318. The Labute approximate surface area is 214 Å². The Morgan fingerprint density at radius 2 is 1.50 bits per heavy atom. The number of benzene rings is 4. The van der Waals surface area contributed by atoms with Crippen LogP contribution in [0.4, 0.5) is 10.1 Å². The molecule has 4 aromatic rings. The third-order valence-corrected chi connectivity index (χ3v) is 7.36. The van der Waals surface area contributed by atoms with Gasteiger partial charge in [0.05, 0.1) is 0 Å². The lowest BCUT2D eigenvalue weighted by atomic mass is 9.92. The van der Waals surface area contributed by atoms with Gasteiger partial charge in [-0.15, -0.1) is 11.8 Å². The molecule has 5 rings (SSSR count). The van der Waals surface area contributed by atoms with E-state index in [1.165, 1.54) is 29.8 Å². The van der Waals surface area contributed by atoms with Gasteiger partial charge in [-0.05, 0) is 65.2 Å². The summed E-state index contributed by atoms with van der Waals surface area (Å²) in [5, 5.41) is 2.99. The predicted octanol–water partition coefficient (Wildman–Crippen LogP) is 6.32. The molecule has 0 aliphatic carbocycles. The van der Waals surface area contributed by atoms with E-state index in [1.54, 1.807) is 16.7 Å². The van der Waals surface area contributed by atoms with Crippen molar-refractivity contribution in [2.75, 3.05) is 5.32 Å². The molecule has 1 aliphatic rings. The zero-order valence-corrected chi connectivity index (χ0v) is 20.4. The van der Waals surface area contributed by atoms with Gasteiger partial charge in [0.1, 0.15) is 11.9 Å². The minimum absolute atomic E-state index is 0.246. The fourth-order valence-corrected chi connectivity index (χ4v) is 5.18. The highest BCUT2D eigenvalue weighted by atomic mass is 32.2. The average Bonchev–Trinajstić information content (AvgIpc) is 2.92. The first-order chi connectivity index (χ1) is 17.6. The molecule has 1 atom stereocenters. The van der Waals surface area contributed by atoms with E-state index in [0.29, 0.717) is 24.2 Å². The molecule has 1 N–H and O–H groups in total. The summed E-state index contributed by atoms with van der Waals surface area (Å²) in [5.41, 5.74) is 4.35. The van der Waals surface area contributed by atoms with E-state index >= 15 is 0 Å². The Morgan fingerprint density at radius 3 is 2.22 bits per heavy atom. The van der Waals surface area contributed by atoms with Gasteiger partial charge < -0.3 is 10.2 Å². The molecule has 1 aliphatic heterocycles. The molecular formula is C30H25FN2O2S. The molecule has 4 aromatic carbocycles. The lowest BCUT2D eigenvalue weighted by molar-refractivity contribution is -0.121. The number of carbonyl (C=O) groups excluding carboxylic acids is 2. The van der Waals surface area contributed by atoms with E-state index in [4.69, 9.17) is 0 Å². The number of thioether (sulfide) groups is 1. The Hall–Kier alpha value is -3.90. The fourth-order valence-electron chi connectivity index (χ4n) is 4.33. The largest absolute Gasteiger partial charge is 0.324 e. The van der Waals surface area contributed by atoms with Crippen LogP contribution in [0, 0.1) is 5.82 Å². The SMILES string of the molecule is O=C(Nc1ccc(SCc2ccccc2)cc1)C1Cc2ccccc2CN1C(=O)c1ccc(F)cc1. The number of hydrogen-bond donors (Lipinski definition) is 1. The Bertz CT molecular complexity index is 1360. The van der Waals surface area contributed by atoms with Gasteiger partial charge in [-0.3, -0.25) is 9.59 Å². The normalized spacial score (nSPS) is 14.7. The van der Waals surface area contributed by atoms with Crippen LogP contribution in [0.5, 0.6) is 0 Å². The molecule has 4 nitrogen and oxygen atoms in total. The van der Waals surface area contributed by atoms with Crippen LogP contribution >= 0.6 is 11.8 Å². The summed E-state index contributed by atoms with van der Waals surface area (Å²) in [4.78, 5) is 29.4. The molecule has 6 heteroatoms. The molecule has 0 saturated carbocycles. The van der Waals surface area contributed by atoms with Gasteiger partial charge >= 0.3 is 0 Å². The van der Waals surface area contributed by atoms with Crippen molar-refractivity contribution in [3.8, 4) is 0 Å². The number of halogens is 1. The maximum Gasteiger partial charge on any atom is 0.254 e. The summed E-state index contributed by atoms with van der Waals surface area (Å²) in [6, 6.07) is 30.6. The van der Waals surface area contributed by atoms with E-state index in [2.05, 4.69) is 17.4 Å². The molecule has 36 heavy (non-hydrogen) atoms. The summed E-state index contributed by atoms with van der Waals surface area (Å²) in [6.45, 7) is 0.319. The lowest BCUT2D eigenvalue weighted by Crippen LogP contribution is -2.50. The second-order valence-electron chi connectivity index (χ2n) is 8.72. The highest BCUT2D eigenvalue weighted by molar-refractivity contribution is 7.98. The summed E-state index contributed by atoms with van der Waals surface area (Å²) < 4.78 is 13.4. The zero-order valence-electron chi connectivity index (χ0n) is 19.6. The average molecular weight is 497 g/mol. The third-order valence-electron chi connectivity index (χ3n) is 6.27. The number of carbonyl (C=O) groups is 2. The van der Waals surface area contributed by atoms with Crippen molar-refractivity contribution < 1.29 is 14.0 Å². The molecule has 0 saturated heterocycles. The maximum absolute atomic E-state index is 13.4. The van der Waals surface area contributed by atoms with Crippen molar-refractivity contribution in [2.24, 2.45) is 0 Å². The summed E-state index contributed by atoms with van der Waals surface area (Å²) in [5.74, 6) is -0.0775. The number of fused-ring (bicyclic) bond motifs is 1. The number of rotatable bonds is 6. The van der Waals surface area contributed by atoms with Gasteiger partial charge in [0.2, 0.25) is 5.91 Å². The van der Waals surface area contributed by atoms with Crippen molar-refractivity contribution in [1.82, 2.24) is 4.90 Å². The zero-order chi connectivity index (χ0) is 24.9. The van der Waals surface area contributed by atoms with Crippen molar-refractivity contribution in [2.45, 2.75) is 29.7 Å². The topological polar surface area (TPSA) is 49.4 Å². The molecule has 0 aromatic heterocycles. The Balaban J connectivity index is 1.31. The Morgan fingerprint density at radius 1 is 0.833 bits per heavy atom. The molecule has 0 radical (unpaired) electrons. The van der Waals surface area contributed by atoms with Crippen LogP contribution in [-0.4, -0.2) is 22.8 Å². The van der Waals surface area contributed by atoms with Gasteiger partial charge in [0, 0.05) is 34.9 Å². The highest BCUT2D eigenvalue weighted by Gasteiger charge is 2.35. The van der Waals surface area contributed by atoms with E-state index < -0.39 is 11.9 Å². The van der Waals surface area contributed by atoms with Gasteiger partial charge in [0.25, 0.3) is 5.91 Å². The van der Waals surface area contributed by atoms with Crippen LogP contribution < -0.4 is 5.32 Å². The number of amides is 2. The fraction of sp³-hybridized carbons (Fsp3) is 0.133. The lowest BCUT2D eigenvalue weighted by Gasteiger charge is -2.36. The minimum atomic E-state index is -0.676. The summed E-state index contributed by atoms with van der Waals surface area (Å²) in [7, 11) is 0. The van der Waals surface area contributed by atoms with Crippen LogP contribution in [-0.2, 0) is 23.5 Å². The van der Waals surface area contributed by atoms with Gasteiger partial charge in [-0.1, -0.05) is 54.6 Å². The van der Waals surface area contributed by atoms with Gasteiger partial charge in [-0.25, -0.2) is 4.39 Å². The van der Waals surface area contributed by atoms with Crippen molar-refractivity contribution in [3.05, 3.63) is 131 Å². The molecule has 2 amide bonds. The minimum Gasteiger partial charge on any atom is -0.324 e. The van der Waals surface area contributed by atoms with Crippen LogP contribution in [0.2, 0.25) is 0 Å². The first kappa shape index (κ1) is 23.8. The van der Waals surface area contributed by atoms with Crippen molar-refractivity contribution in [3.63, 3.8) is 0 Å². The van der Waals surface area contributed by atoms with Crippen LogP contribution in [0.25, 0.3) is 0 Å². The molecule has 0 fully saturated rings. The molecule has 1 unspecified atom stereocenters. The molecule has 1 heterocycles. The van der Waals surface area contributed by atoms with Gasteiger partial charge in [0.15, 0.2) is 0 Å². The Kier molecular flexibility index (Phi) is 7.14. The second-order valence-corrected chi connectivity index (χ2v) is 9.77. The summed E-state index contributed by atoms with van der Waals surface area (Å²) in [6.07, 6.45) is 0.417. The van der Waals surface area contributed by atoms with Crippen molar-refractivity contribution in [1.29, 1.82) is 0 Å². The molecule has 180 valence electrons. The highest BCUT2D eigenvalue weighted by Crippen LogP contribution is 2.27. The number of anilines is 1. The third kappa shape index (κ3) is 5.50. The van der Waals surface area contributed by atoms with E-state index in [-0.39, 0.29) is 11.8 Å². The molecule has 0 spiro atoms. The number of nitrogens with one attached hydrogen (secondary N) is 1. The summed E-state index contributed by atoms with van der Waals surface area (Å²) >= 11 is 1.73. The number of hydrogen-bond acceptors (Lipinski definition) is 3. The molecule has 0 bridgehead atoms. The van der Waals surface area contributed by atoms with E-state index in [9.17, 15) is 14.0 Å². The monoisotopic (exact) mass is 496 g/mol. The van der Waals surface area contributed by atoms with Crippen molar-refractivity contribution >= 4 is 29.3 Å². The smallest absolute Gasteiger partial charge is 0.254 e. The van der Waals surface area contributed by atoms with E-state index in [0.717, 1.165) is 21.8 Å². The predicted molar refractivity (Wildman–Crippen MR) is 141 cm³/mol. The van der Waals surface area contributed by atoms with Crippen LogP contribution in [0.15, 0.2) is 108 Å². The van der Waals surface area contributed by atoms with E-state index in [1.807, 2.05) is 66.7 Å². The maximum atomic E-state index is 13.4. The van der Waals surface area contributed by atoms with Crippen LogP contribution in [0.1, 0.15) is 27.0 Å². The number of nitrogens with zero attached hydrogens (tertiary/aromatic N) is 1. The van der Waals surface area contributed by atoms with Crippen LogP contribution in [0.3, 0.4) is 0 Å². The standard InChI is InChI=1S/C30H25FN2O2S/c31-25-12-10-22(11-13-25)30(35)33-19-24-9-5-4-8-23(24)18-28(33)29(34)32-26-14-16-27(17-15-26)36-20-21-6-2-1-3-7-21/h1-17,28H,18-20H2,(H,32,34).